The van der Waals surface area contributed by atoms with Gasteiger partial charge in [0.1, 0.15) is 17.9 Å². The van der Waals surface area contributed by atoms with Crippen LogP contribution in [0.3, 0.4) is 0 Å². The highest BCUT2D eigenvalue weighted by Crippen LogP contribution is 2.35. The second kappa shape index (κ2) is 10.5. The van der Waals surface area contributed by atoms with Crippen molar-refractivity contribution < 1.29 is 23.5 Å². The van der Waals surface area contributed by atoms with Gasteiger partial charge in [0.25, 0.3) is 0 Å². The molecule has 2 aliphatic rings. The number of alkyl halides is 1. The van der Waals surface area contributed by atoms with Crippen LogP contribution in [-0.2, 0) is 16.1 Å². The fourth-order valence-corrected chi connectivity index (χ4v) is 4.34. The first kappa shape index (κ1) is 24.3. The number of nitrogens with zero attached hydrogens (tertiary/aromatic N) is 2. The molecule has 2 aliphatic heterocycles. The van der Waals surface area contributed by atoms with E-state index in [0.717, 1.165) is 24.8 Å². The molecule has 0 radical (unpaired) electrons. The Kier molecular flexibility index (Phi) is 8.01. The van der Waals surface area contributed by atoms with Gasteiger partial charge < -0.3 is 19.3 Å². The molecule has 0 aliphatic carbocycles. The minimum atomic E-state index is -1.22. The molecule has 1 aromatic carbocycles. The van der Waals surface area contributed by atoms with Gasteiger partial charge in [0.2, 0.25) is 0 Å². The van der Waals surface area contributed by atoms with Crippen LogP contribution < -0.4 is 0 Å². The third kappa shape index (κ3) is 7.38. The molecule has 2 amide bonds. The standard InChI is InChI=1S/C25H37FN2O4/c1-24(2,3)32-23(30)27-15-10-20(11-16-27)9-12-25(26)13-17-28(18-14-25)22(29)31-19-21-7-5-4-6-8-21/h4-8,20H,9-19H2,1-3H3. The number of carbonyl (C=O) groups is 2. The van der Waals surface area contributed by atoms with Crippen LogP contribution in [0.1, 0.15) is 64.9 Å². The normalized spacial score (nSPS) is 19.5. The van der Waals surface area contributed by atoms with Crippen molar-refractivity contribution in [1.29, 1.82) is 0 Å². The van der Waals surface area contributed by atoms with Gasteiger partial charge in [-0.05, 0) is 70.8 Å². The van der Waals surface area contributed by atoms with Gasteiger partial charge in [0, 0.05) is 26.2 Å². The molecule has 178 valence electrons. The van der Waals surface area contributed by atoms with E-state index in [2.05, 4.69) is 0 Å². The number of amides is 2. The van der Waals surface area contributed by atoms with E-state index in [1.165, 1.54) is 0 Å². The monoisotopic (exact) mass is 448 g/mol. The number of likely N-dealkylation sites (tertiary alicyclic amines) is 2. The van der Waals surface area contributed by atoms with Gasteiger partial charge in [0.05, 0.1) is 0 Å². The maximum atomic E-state index is 15.3. The largest absolute Gasteiger partial charge is 0.445 e. The third-order valence-electron chi connectivity index (χ3n) is 6.39. The average Bonchev–Trinajstić information content (AvgIpc) is 2.76. The SMILES string of the molecule is CC(C)(C)OC(=O)N1CCC(CCC2(F)CCN(C(=O)OCc3ccccc3)CC2)CC1. The fourth-order valence-electron chi connectivity index (χ4n) is 4.34. The Morgan fingerprint density at radius 1 is 1.00 bits per heavy atom. The number of piperidine rings is 2. The number of hydrogen-bond acceptors (Lipinski definition) is 4. The number of ether oxygens (including phenoxy) is 2. The average molecular weight is 449 g/mol. The van der Waals surface area contributed by atoms with E-state index in [4.69, 9.17) is 9.47 Å². The van der Waals surface area contributed by atoms with E-state index in [1.807, 2.05) is 51.1 Å². The summed E-state index contributed by atoms with van der Waals surface area (Å²) in [7, 11) is 0. The fraction of sp³-hybridized carbons (Fsp3) is 0.680. The number of rotatable bonds is 5. The van der Waals surface area contributed by atoms with Gasteiger partial charge in [-0.25, -0.2) is 14.0 Å². The van der Waals surface area contributed by atoms with Gasteiger partial charge in [-0.15, -0.1) is 0 Å². The molecule has 2 heterocycles. The second-order valence-corrected chi connectivity index (χ2v) is 10.1. The van der Waals surface area contributed by atoms with Crippen molar-refractivity contribution in [3.8, 4) is 0 Å². The van der Waals surface area contributed by atoms with Crippen molar-refractivity contribution in [2.45, 2.75) is 77.2 Å². The zero-order valence-electron chi connectivity index (χ0n) is 19.6. The van der Waals surface area contributed by atoms with Crippen molar-refractivity contribution in [3.63, 3.8) is 0 Å². The molecule has 0 aromatic heterocycles. The minimum absolute atomic E-state index is 0.235. The lowest BCUT2D eigenvalue weighted by Gasteiger charge is -2.38. The number of hydrogen-bond donors (Lipinski definition) is 0. The molecular weight excluding hydrogens is 411 g/mol. The van der Waals surface area contributed by atoms with Gasteiger partial charge in [-0.1, -0.05) is 30.3 Å². The van der Waals surface area contributed by atoms with Crippen molar-refractivity contribution in [2.24, 2.45) is 5.92 Å². The molecule has 3 rings (SSSR count). The molecule has 0 unspecified atom stereocenters. The van der Waals surface area contributed by atoms with Gasteiger partial charge in [0.15, 0.2) is 0 Å². The molecule has 6 nitrogen and oxygen atoms in total. The quantitative estimate of drug-likeness (QED) is 0.592. The molecule has 0 bridgehead atoms. The van der Waals surface area contributed by atoms with E-state index >= 15 is 4.39 Å². The van der Waals surface area contributed by atoms with Crippen LogP contribution in [0.15, 0.2) is 30.3 Å². The van der Waals surface area contributed by atoms with Gasteiger partial charge in [-0.2, -0.15) is 0 Å². The van der Waals surface area contributed by atoms with Crippen LogP contribution in [-0.4, -0.2) is 59.4 Å². The summed E-state index contributed by atoms with van der Waals surface area (Å²) in [5.74, 6) is 0.426. The number of benzene rings is 1. The van der Waals surface area contributed by atoms with E-state index < -0.39 is 11.3 Å². The topological polar surface area (TPSA) is 59.1 Å². The zero-order valence-corrected chi connectivity index (χ0v) is 19.6. The lowest BCUT2D eigenvalue weighted by molar-refractivity contribution is 0.0139. The Balaban J connectivity index is 1.34. The Hall–Kier alpha value is -2.31. The van der Waals surface area contributed by atoms with E-state index in [1.54, 1.807) is 9.80 Å². The first-order valence-corrected chi connectivity index (χ1v) is 11.8. The molecule has 0 N–H and O–H groups in total. The minimum Gasteiger partial charge on any atom is -0.445 e. The van der Waals surface area contributed by atoms with E-state index in [0.29, 0.717) is 51.4 Å². The number of carbonyl (C=O) groups excluding carboxylic acids is 2. The molecule has 0 saturated carbocycles. The Morgan fingerprint density at radius 3 is 2.19 bits per heavy atom. The predicted molar refractivity (Wildman–Crippen MR) is 121 cm³/mol. The van der Waals surface area contributed by atoms with Crippen molar-refractivity contribution in [1.82, 2.24) is 9.80 Å². The van der Waals surface area contributed by atoms with Crippen molar-refractivity contribution >= 4 is 12.2 Å². The Bertz CT molecular complexity index is 749. The van der Waals surface area contributed by atoms with Crippen molar-refractivity contribution in [2.75, 3.05) is 26.2 Å². The maximum absolute atomic E-state index is 15.3. The first-order chi connectivity index (χ1) is 15.1. The van der Waals surface area contributed by atoms with Crippen LogP contribution >= 0.6 is 0 Å². The van der Waals surface area contributed by atoms with Crippen LogP contribution in [0.5, 0.6) is 0 Å². The Labute approximate surface area is 191 Å². The highest BCUT2D eigenvalue weighted by atomic mass is 19.1. The third-order valence-corrected chi connectivity index (χ3v) is 6.39. The molecule has 0 spiro atoms. The van der Waals surface area contributed by atoms with Crippen LogP contribution in [0.25, 0.3) is 0 Å². The maximum Gasteiger partial charge on any atom is 0.410 e. The first-order valence-electron chi connectivity index (χ1n) is 11.8. The van der Waals surface area contributed by atoms with Crippen molar-refractivity contribution in [3.05, 3.63) is 35.9 Å². The van der Waals surface area contributed by atoms with E-state index in [9.17, 15) is 9.59 Å². The number of halogens is 1. The summed E-state index contributed by atoms with van der Waals surface area (Å²) in [6, 6.07) is 9.55. The predicted octanol–water partition coefficient (Wildman–Crippen LogP) is 5.55. The summed E-state index contributed by atoms with van der Waals surface area (Å²) in [6.07, 6.45) is 3.16. The molecule has 2 fully saturated rings. The van der Waals surface area contributed by atoms with Gasteiger partial charge >= 0.3 is 12.2 Å². The summed E-state index contributed by atoms with van der Waals surface area (Å²) < 4.78 is 26.2. The van der Waals surface area contributed by atoms with Crippen LogP contribution in [0, 0.1) is 5.92 Å². The smallest absolute Gasteiger partial charge is 0.410 e. The summed E-state index contributed by atoms with van der Waals surface area (Å²) >= 11 is 0. The summed E-state index contributed by atoms with van der Waals surface area (Å²) in [5.41, 5.74) is -0.772. The second-order valence-electron chi connectivity index (χ2n) is 10.1. The molecule has 1 aromatic rings. The lowest BCUT2D eigenvalue weighted by atomic mass is 9.83. The molecule has 7 heteroatoms. The molecule has 0 atom stereocenters. The molecular formula is C25H37FN2O4. The highest BCUT2D eigenvalue weighted by Gasteiger charge is 2.37. The summed E-state index contributed by atoms with van der Waals surface area (Å²) in [4.78, 5) is 27.9. The Morgan fingerprint density at radius 2 is 1.59 bits per heavy atom. The van der Waals surface area contributed by atoms with E-state index in [-0.39, 0.29) is 18.8 Å². The van der Waals surface area contributed by atoms with Crippen LogP contribution in [0.2, 0.25) is 0 Å². The lowest BCUT2D eigenvalue weighted by Crippen LogP contribution is -2.45. The molecule has 2 saturated heterocycles. The summed E-state index contributed by atoms with van der Waals surface area (Å²) in [6.45, 7) is 7.95. The highest BCUT2D eigenvalue weighted by molar-refractivity contribution is 5.68. The summed E-state index contributed by atoms with van der Waals surface area (Å²) in [5, 5.41) is 0. The zero-order chi connectivity index (χ0) is 23.2. The molecule has 32 heavy (non-hydrogen) atoms. The van der Waals surface area contributed by atoms with Crippen LogP contribution in [0.4, 0.5) is 14.0 Å². The van der Waals surface area contributed by atoms with Gasteiger partial charge in [-0.3, -0.25) is 0 Å².